The summed E-state index contributed by atoms with van der Waals surface area (Å²) in [6, 6.07) is -0.718. The molecule has 0 bridgehead atoms. The maximum Gasteiger partial charge on any atom is 0.326 e. The van der Waals surface area contributed by atoms with Gasteiger partial charge in [0.25, 0.3) is 0 Å². The van der Waals surface area contributed by atoms with Gasteiger partial charge in [-0.3, -0.25) is 4.79 Å². The molecular weight excluding hydrogens is 198 g/mol. The first-order chi connectivity index (χ1) is 7.06. The van der Waals surface area contributed by atoms with Crippen molar-refractivity contribution in [3.05, 3.63) is 0 Å². The van der Waals surface area contributed by atoms with Gasteiger partial charge in [-0.2, -0.15) is 0 Å². The van der Waals surface area contributed by atoms with Gasteiger partial charge in [-0.15, -0.1) is 0 Å². The van der Waals surface area contributed by atoms with Crippen molar-refractivity contribution < 1.29 is 19.4 Å². The molecule has 1 aliphatic rings. The van der Waals surface area contributed by atoms with E-state index in [9.17, 15) is 9.59 Å². The Morgan fingerprint density at radius 3 is 2.60 bits per heavy atom. The first-order valence-corrected chi connectivity index (χ1v) is 5.17. The summed E-state index contributed by atoms with van der Waals surface area (Å²) in [5.41, 5.74) is 0. The number of ether oxygens (including phenoxy) is 1. The SMILES string of the molecule is CCCO[C@@H]1C[C@@H](C(=O)O)N(C(C)=O)C1. The second kappa shape index (κ2) is 5.11. The van der Waals surface area contributed by atoms with Crippen molar-refractivity contribution in [2.45, 2.75) is 38.8 Å². The number of carboxylic acid groups (broad SMARTS) is 1. The van der Waals surface area contributed by atoms with E-state index < -0.39 is 12.0 Å². The van der Waals surface area contributed by atoms with E-state index in [0.29, 0.717) is 19.6 Å². The average molecular weight is 215 g/mol. The number of nitrogens with zero attached hydrogens (tertiary/aromatic N) is 1. The van der Waals surface area contributed by atoms with Crippen molar-refractivity contribution in [3.8, 4) is 0 Å². The van der Waals surface area contributed by atoms with Crippen LogP contribution in [0.1, 0.15) is 26.7 Å². The molecule has 0 spiro atoms. The summed E-state index contributed by atoms with van der Waals surface area (Å²) in [6.45, 7) is 4.39. The molecule has 0 radical (unpaired) electrons. The Morgan fingerprint density at radius 2 is 2.20 bits per heavy atom. The van der Waals surface area contributed by atoms with Gasteiger partial charge in [0.15, 0.2) is 0 Å². The maximum absolute atomic E-state index is 11.2. The van der Waals surface area contributed by atoms with Gasteiger partial charge < -0.3 is 14.7 Å². The van der Waals surface area contributed by atoms with Crippen LogP contribution in [0.5, 0.6) is 0 Å². The summed E-state index contributed by atoms with van der Waals surface area (Å²) in [4.78, 5) is 23.4. The molecule has 1 aliphatic heterocycles. The Morgan fingerprint density at radius 1 is 1.53 bits per heavy atom. The van der Waals surface area contributed by atoms with Crippen molar-refractivity contribution in [1.82, 2.24) is 4.90 Å². The lowest BCUT2D eigenvalue weighted by Gasteiger charge is -2.18. The molecule has 1 saturated heterocycles. The van der Waals surface area contributed by atoms with Crippen LogP contribution in [0.15, 0.2) is 0 Å². The number of aliphatic carboxylic acids is 1. The van der Waals surface area contributed by atoms with E-state index in [-0.39, 0.29) is 12.0 Å². The van der Waals surface area contributed by atoms with Crippen LogP contribution in [0.25, 0.3) is 0 Å². The van der Waals surface area contributed by atoms with Crippen molar-refractivity contribution in [1.29, 1.82) is 0 Å². The van der Waals surface area contributed by atoms with Gasteiger partial charge in [0.05, 0.1) is 6.10 Å². The Balaban J connectivity index is 2.57. The van der Waals surface area contributed by atoms with E-state index in [1.165, 1.54) is 11.8 Å². The molecule has 0 aromatic carbocycles. The average Bonchev–Trinajstić information content (AvgIpc) is 2.58. The number of hydrogen-bond acceptors (Lipinski definition) is 3. The predicted octanol–water partition coefficient (Wildman–Crippen LogP) is 0.487. The Labute approximate surface area is 89.0 Å². The van der Waals surface area contributed by atoms with Crippen LogP contribution in [-0.2, 0) is 14.3 Å². The van der Waals surface area contributed by atoms with Crippen LogP contribution in [0.2, 0.25) is 0 Å². The third-order valence-electron chi connectivity index (χ3n) is 2.51. The highest BCUT2D eigenvalue weighted by Crippen LogP contribution is 2.20. The van der Waals surface area contributed by atoms with Crippen molar-refractivity contribution in [3.63, 3.8) is 0 Å². The number of rotatable bonds is 4. The number of carboxylic acids is 1. The second-order valence-corrected chi connectivity index (χ2v) is 3.75. The van der Waals surface area contributed by atoms with E-state index >= 15 is 0 Å². The summed E-state index contributed by atoms with van der Waals surface area (Å²) >= 11 is 0. The lowest BCUT2D eigenvalue weighted by atomic mass is 10.2. The largest absolute Gasteiger partial charge is 0.480 e. The van der Waals surface area contributed by atoms with Gasteiger partial charge >= 0.3 is 5.97 Å². The number of carbonyl (C=O) groups is 2. The lowest BCUT2D eigenvalue weighted by Crippen LogP contribution is -2.39. The molecule has 1 amide bonds. The van der Waals surface area contributed by atoms with Crippen LogP contribution >= 0.6 is 0 Å². The molecule has 1 fully saturated rings. The number of hydrogen-bond donors (Lipinski definition) is 1. The molecule has 0 saturated carbocycles. The molecule has 5 heteroatoms. The number of likely N-dealkylation sites (tertiary alicyclic amines) is 1. The van der Waals surface area contributed by atoms with Crippen LogP contribution in [-0.4, -0.2) is 47.2 Å². The minimum atomic E-state index is -0.951. The second-order valence-electron chi connectivity index (χ2n) is 3.75. The molecule has 86 valence electrons. The minimum Gasteiger partial charge on any atom is -0.480 e. The van der Waals surface area contributed by atoms with Gasteiger partial charge in [0, 0.05) is 26.5 Å². The highest BCUT2D eigenvalue weighted by Gasteiger charge is 2.38. The third-order valence-corrected chi connectivity index (χ3v) is 2.51. The summed E-state index contributed by atoms with van der Waals surface area (Å²) in [5, 5.41) is 8.93. The molecular formula is C10H17NO4. The van der Waals surface area contributed by atoms with Gasteiger partial charge in [0.1, 0.15) is 6.04 Å². The molecule has 15 heavy (non-hydrogen) atoms. The first-order valence-electron chi connectivity index (χ1n) is 5.17. The smallest absolute Gasteiger partial charge is 0.326 e. The van der Waals surface area contributed by atoms with Gasteiger partial charge in [0.2, 0.25) is 5.91 Å². The summed E-state index contributed by atoms with van der Waals surface area (Å²) in [5.74, 6) is -1.15. The fourth-order valence-corrected chi connectivity index (χ4v) is 1.78. The normalized spacial score (nSPS) is 25.6. The van der Waals surface area contributed by atoms with Crippen LogP contribution < -0.4 is 0 Å². The quantitative estimate of drug-likeness (QED) is 0.741. The zero-order valence-corrected chi connectivity index (χ0v) is 9.10. The summed E-state index contributed by atoms with van der Waals surface area (Å²) in [6.07, 6.45) is 1.17. The molecule has 5 nitrogen and oxygen atoms in total. The molecule has 2 atom stereocenters. The molecule has 0 aliphatic carbocycles. The van der Waals surface area contributed by atoms with E-state index in [1.807, 2.05) is 6.92 Å². The van der Waals surface area contributed by atoms with Crippen LogP contribution in [0.4, 0.5) is 0 Å². The van der Waals surface area contributed by atoms with Gasteiger partial charge in [-0.05, 0) is 6.42 Å². The maximum atomic E-state index is 11.2. The highest BCUT2D eigenvalue weighted by molar-refractivity contribution is 5.83. The Bertz CT molecular complexity index is 232. The van der Waals surface area contributed by atoms with Gasteiger partial charge in [-0.1, -0.05) is 6.92 Å². The van der Waals surface area contributed by atoms with Crippen molar-refractivity contribution >= 4 is 11.9 Å². The Hall–Kier alpha value is -1.10. The predicted molar refractivity (Wildman–Crippen MR) is 53.5 cm³/mol. The lowest BCUT2D eigenvalue weighted by molar-refractivity contribution is -0.147. The molecule has 0 aromatic rings. The third kappa shape index (κ3) is 2.92. The van der Waals surface area contributed by atoms with E-state index in [2.05, 4.69) is 0 Å². The molecule has 0 aromatic heterocycles. The molecule has 1 heterocycles. The zero-order chi connectivity index (χ0) is 11.4. The fourth-order valence-electron chi connectivity index (χ4n) is 1.78. The minimum absolute atomic E-state index is 0.130. The number of amides is 1. The molecule has 0 unspecified atom stereocenters. The topological polar surface area (TPSA) is 66.8 Å². The van der Waals surface area contributed by atoms with Crippen LogP contribution in [0.3, 0.4) is 0 Å². The summed E-state index contributed by atoms with van der Waals surface area (Å²) in [7, 11) is 0. The van der Waals surface area contributed by atoms with E-state index in [4.69, 9.17) is 9.84 Å². The summed E-state index contributed by atoms with van der Waals surface area (Å²) < 4.78 is 5.46. The van der Waals surface area contributed by atoms with Crippen molar-refractivity contribution in [2.75, 3.05) is 13.2 Å². The number of carbonyl (C=O) groups excluding carboxylic acids is 1. The zero-order valence-electron chi connectivity index (χ0n) is 9.10. The van der Waals surface area contributed by atoms with Crippen molar-refractivity contribution in [2.24, 2.45) is 0 Å². The first kappa shape index (κ1) is 12.0. The molecule has 1 rings (SSSR count). The monoisotopic (exact) mass is 215 g/mol. The fraction of sp³-hybridized carbons (Fsp3) is 0.800. The van der Waals surface area contributed by atoms with Crippen LogP contribution in [0, 0.1) is 0 Å². The van der Waals surface area contributed by atoms with E-state index in [1.54, 1.807) is 0 Å². The highest BCUT2D eigenvalue weighted by atomic mass is 16.5. The molecule has 1 N–H and O–H groups in total. The van der Waals surface area contributed by atoms with E-state index in [0.717, 1.165) is 6.42 Å². The standard InChI is InChI=1S/C10H17NO4/c1-3-4-15-8-5-9(10(13)14)11(6-8)7(2)12/h8-9H,3-6H2,1-2H3,(H,13,14)/t8-,9+/m1/s1. The van der Waals surface area contributed by atoms with Gasteiger partial charge in [-0.25, -0.2) is 4.79 Å². The Kier molecular flexibility index (Phi) is 4.08.